The van der Waals surface area contributed by atoms with E-state index >= 15 is 0 Å². The Labute approximate surface area is 148 Å². The number of hydrogen-bond donors (Lipinski definition) is 0. The van der Waals surface area contributed by atoms with Crippen molar-refractivity contribution >= 4 is 0 Å². The van der Waals surface area contributed by atoms with Crippen molar-refractivity contribution in [3.63, 3.8) is 0 Å². The van der Waals surface area contributed by atoms with Crippen LogP contribution in [0.5, 0.6) is 0 Å². The fourth-order valence-electron chi connectivity index (χ4n) is 4.40. The van der Waals surface area contributed by atoms with E-state index in [2.05, 4.69) is 30.3 Å². The fraction of sp³-hybridized carbons (Fsp3) is 0.429. The Kier molecular flexibility index (Phi) is 3.96. The Morgan fingerprint density at radius 3 is 2.40 bits per heavy atom. The molecule has 1 heterocycles. The Hall–Kier alpha value is -2.40. The molecule has 1 spiro atoms. The maximum atomic E-state index is 9.81. The molecule has 126 valence electrons. The molecular formula is C21H20N2O2. The van der Waals surface area contributed by atoms with Crippen molar-refractivity contribution < 1.29 is 9.47 Å². The van der Waals surface area contributed by atoms with Gasteiger partial charge < -0.3 is 9.47 Å². The van der Waals surface area contributed by atoms with Crippen LogP contribution < -0.4 is 0 Å². The van der Waals surface area contributed by atoms with Crippen LogP contribution in [0.3, 0.4) is 0 Å². The molecule has 1 aromatic rings. The van der Waals surface area contributed by atoms with Gasteiger partial charge in [0, 0.05) is 25.2 Å². The third-order valence-electron chi connectivity index (χ3n) is 5.64. The summed E-state index contributed by atoms with van der Waals surface area (Å²) >= 11 is 0. The summed E-state index contributed by atoms with van der Waals surface area (Å²) in [5.41, 5.74) is 1.03. The van der Waals surface area contributed by atoms with Gasteiger partial charge in [-0.1, -0.05) is 48.6 Å². The maximum absolute atomic E-state index is 9.81. The largest absolute Gasteiger partial charge is 0.347 e. The monoisotopic (exact) mass is 332 g/mol. The SMILES string of the molecule is N#CC1(C#N)CC=CC(c2ccccc2)C2CC3(CC=C21)OCCO3. The highest BCUT2D eigenvalue weighted by Gasteiger charge is 2.50. The molecule has 1 aliphatic heterocycles. The number of nitrogens with zero attached hydrogens (tertiary/aromatic N) is 2. The van der Waals surface area contributed by atoms with Gasteiger partial charge in [-0.25, -0.2) is 0 Å². The first-order valence-corrected chi connectivity index (χ1v) is 8.74. The molecule has 1 saturated heterocycles. The van der Waals surface area contributed by atoms with Gasteiger partial charge in [0.25, 0.3) is 0 Å². The van der Waals surface area contributed by atoms with Crippen LogP contribution in [-0.4, -0.2) is 19.0 Å². The lowest BCUT2D eigenvalue weighted by Gasteiger charge is -2.41. The molecule has 25 heavy (non-hydrogen) atoms. The predicted molar refractivity (Wildman–Crippen MR) is 92.0 cm³/mol. The minimum absolute atomic E-state index is 0.0206. The van der Waals surface area contributed by atoms with E-state index < -0.39 is 11.2 Å². The van der Waals surface area contributed by atoms with Crippen molar-refractivity contribution in [3.8, 4) is 12.1 Å². The van der Waals surface area contributed by atoms with Gasteiger partial charge in [-0.05, 0) is 17.1 Å². The van der Waals surface area contributed by atoms with Gasteiger partial charge in [-0.15, -0.1) is 0 Å². The first-order valence-electron chi connectivity index (χ1n) is 8.74. The lowest BCUT2D eigenvalue weighted by molar-refractivity contribution is -0.170. The van der Waals surface area contributed by atoms with Crippen molar-refractivity contribution in [1.29, 1.82) is 10.5 Å². The Bertz CT molecular complexity index is 777. The van der Waals surface area contributed by atoms with Gasteiger partial charge in [0.15, 0.2) is 11.2 Å². The van der Waals surface area contributed by atoms with Gasteiger partial charge in [0.05, 0.1) is 25.4 Å². The molecular weight excluding hydrogens is 312 g/mol. The molecule has 3 aliphatic rings. The fourth-order valence-corrected chi connectivity index (χ4v) is 4.40. The molecule has 0 radical (unpaired) electrons. The lowest BCUT2D eigenvalue weighted by Crippen LogP contribution is -2.40. The van der Waals surface area contributed by atoms with E-state index in [-0.39, 0.29) is 11.8 Å². The van der Waals surface area contributed by atoms with Crippen LogP contribution in [0.2, 0.25) is 0 Å². The third-order valence-corrected chi connectivity index (χ3v) is 5.64. The Balaban J connectivity index is 1.82. The van der Waals surface area contributed by atoms with E-state index in [0.29, 0.717) is 32.5 Å². The van der Waals surface area contributed by atoms with Crippen LogP contribution in [0.15, 0.2) is 54.1 Å². The normalized spacial score (nSPS) is 29.1. The minimum atomic E-state index is -1.09. The second-order valence-corrected chi connectivity index (χ2v) is 6.98. The topological polar surface area (TPSA) is 66.0 Å². The van der Waals surface area contributed by atoms with Crippen LogP contribution >= 0.6 is 0 Å². The standard InChI is InChI=1S/C21H20N2O2/c22-14-20(15-23)9-4-7-17(16-5-2-1-3-6-16)18-13-21(10-8-19(18)20)24-11-12-25-21/h1-8,17-18H,9-13H2. The Morgan fingerprint density at radius 1 is 1.00 bits per heavy atom. The number of benzene rings is 1. The van der Waals surface area contributed by atoms with E-state index in [0.717, 1.165) is 5.57 Å². The number of rotatable bonds is 1. The van der Waals surface area contributed by atoms with E-state index in [1.807, 2.05) is 30.4 Å². The molecule has 0 aromatic heterocycles. The van der Waals surface area contributed by atoms with E-state index in [9.17, 15) is 10.5 Å². The number of ether oxygens (including phenoxy) is 2. The Morgan fingerprint density at radius 2 is 1.72 bits per heavy atom. The predicted octanol–water partition coefficient (Wildman–Crippen LogP) is 3.84. The molecule has 0 saturated carbocycles. The van der Waals surface area contributed by atoms with Crippen molar-refractivity contribution in [2.75, 3.05) is 13.2 Å². The quantitative estimate of drug-likeness (QED) is 0.733. The van der Waals surface area contributed by atoms with Crippen LogP contribution in [0.4, 0.5) is 0 Å². The summed E-state index contributed by atoms with van der Waals surface area (Å²) in [6.45, 7) is 1.20. The molecule has 4 nitrogen and oxygen atoms in total. The molecule has 2 aliphatic carbocycles. The lowest BCUT2D eigenvalue weighted by atomic mass is 9.66. The summed E-state index contributed by atoms with van der Waals surface area (Å²) in [5, 5.41) is 19.6. The second-order valence-electron chi connectivity index (χ2n) is 6.98. The summed E-state index contributed by atoms with van der Waals surface area (Å²) in [6, 6.07) is 14.9. The van der Waals surface area contributed by atoms with Crippen LogP contribution in [0.1, 0.15) is 30.7 Å². The molecule has 2 unspecified atom stereocenters. The maximum Gasteiger partial charge on any atom is 0.172 e. The summed E-state index contributed by atoms with van der Waals surface area (Å²) in [5.74, 6) is -0.468. The van der Waals surface area contributed by atoms with E-state index in [4.69, 9.17) is 9.47 Å². The molecule has 2 atom stereocenters. The molecule has 0 amide bonds. The zero-order valence-electron chi connectivity index (χ0n) is 14.0. The first-order chi connectivity index (χ1) is 12.2. The van der Waals surface area contributed by atoms with Gasteiger partial charge in [-0.2, -0.15) is 10.5 Å². The summed E-state index contributed by atoms with van der Waals surface area (Å²) in [6.07, 6.45) is 7.89. The smallest absolute Gasteiger partial charge is 0.172 e. The van der Waals surface area contributed by atoms with Crippen LogP contribution in [0, 0.1) is 34.0 Å². The van der Waals surface area contributed by atoms with Gasteiger partial charge in [0.2, 0.25) is 0 Å². The second kappa shape index (κ2) is 6.15. The molecule has 0 N–H and O–H groups in total. The van der Waals surface area contributed by atoms with Crippen molar-refractivity contribution in [3.05, 3.63) is 59.7 Å². The first kappa shape index (κ1) is 16.1. The summed E-state index contributed by atoms with van der Waals surface area (Å²) in [7, 11) is 0. The van der Waals surface area contributed by atoms with Crippen LogP contribution in [-0.2, 0) is 9.47 Å². The van der Waals surface area contributed by atoms with E-state index in [1.54, 1.807) is 0 Å². The highest BCUT2D eigenvalue weighted by Crippen LogP contribution is 2.52. The zero-order chi connectivity index (χ0) is 17.3. The summed E-state index contributed by atoms with van der Waals surface area (Å²) in [4.78, 5) is 0. The highest BCUT2D eigenvalue weighted by atomic mass is 16.7. The number of nitriles is 2. The highest BCUT2D eigenvalue weighted by molar-refractivity contribution is 5.43. The molecule has 1 fully saturated rings. The van der Waals surface area contributed by atoms with Crippen molar-refractivity contribution in [2.24, 2.45) is 11.3 Å². The average molecular weight is 332 g/mol. The van der Waals surface area contributed by atoms with Crippen LogP contribution in [0.25, 0.3) is 0 Å². The number of fused-ring (bicyclic) bond motifs is 1. The van der Waals surface area contributed by atoms with Gasteiger partial charge >= 0.3 is 0 Å². The molecule has 0 bridgehead atoms. The number of hydrogen-bond acceptors (Lipinski definition) is 4. The third kappa shape index (κ3) is 2.59. The van der Waals surface area contributed by atoms with Crippen molar-refractivity contribution in [1.82, 2.24) is 0 Å². The molecule has 4 rings (SSSR count). The van der Waals surface area contributed by atoms with Gasteiger partial charge in [-0.3, -0.25) is 0 Å². The zero-order valence-corrected chi connectivity index (χ0v) is 14.0. The minimum Gasteiger partial charge on any atom is -0.347 e. The average Bonchev–Trinajstić information content (AvgIpc) is 3.04. The van der Waals surface area contributed by atoms with E-state index in [1.165, 1.54) is 5.56 Å². The molecule has 1 aromatic carbocycles. The summed E-state index contributed by atoms with van der Waals surface area (Å²) < 4.78 is 11.9. The van der Waals surface area contributed by atoms with Gasteiger partial charge in [0.1, 0.15) is 0 Å². The molecule has 4 heteroatoms. The number of allylic oxidation sites excluding steroid dienone is 3. The van der Waals surface area contributed by atoms with Crippen molar-refractivity contribution in [2.45, 2.75) is 31.0 Å².